The van der Waals surface area contributed by atoms with E-state index < -0.39 is 5.82 Å². The molecule has 0 aliphatic heterocycles. The largest absolute Gasteiger partial charge is 0.348 e. The van der Waals surface area contributed by atoms with Crippen LogP contribution in [0.4, 0.5) is 10.1 Å². The number of likely N-dealkylation sites (N-methyl/N-ethyl adjacent to an activating group) is 1. The van der Waals surface area contributed by atoms with Crippen LogP contribution in [0.5, 0.6) is 0 Å². The highest BCUT2D eigenvalue weighted by atomic mass is 19.1. The molecule has 3 aromatic rings. The summed E-state index contributed by atoms with van der Waals surface area (Å²) in [5.41, 5.74) is 1.43. The van der Waals surface area contributed by atoms with Gasteiger partial charge in [-0.3, -0.25) is 14.5 Å². The first-order chi connectivity index (χ1) is 13.9. The van der Waals surface area contributed by atoms with Crippen LogP contribution in [0.15, 0.2) is 66.7 Å². The van der Waals surface area contributed by atoms with Gasteiger partial charge in [0.05, 0.1) is 19.1 Å². The first-order valence-corrected chi connectivity index (χ1v) is 9.43. The average Bonchev–Trinajstić information content (AvgIpc) is 2.67. The second-order valence-corrected chi connectivity index (χ2v) is 7.09. The van der Waals surface area contributed by atoms with Gasteiger partial charge in [-0.25, -0.2) is 4.39 Å². The summed E-state index contributed by atoms with van der Waals surface area (Å²) in [6.45, 7) is 2.04. The Balaban J connectivity index is 1.53. The van der Waals surface area contributed by atoms with Gasteiger partial charge in [0.2, 0.25) is 11.8 Å². The van der Waals surface area contributed by atoms with Crippen molar-refractivity contribution < 1.29 is 14.0 Å². The molecule has 0 unspecified atom stereocenters. The zero-order chi connectivity index (χ0) is 20.8. The zero-order valence-corrected chi connectivity index (χ0v) is 16.5. The van der Waals surface area contributed by atoms with Crippen LogP contribution in [0.3, 0.4) is 0 Å². The van der Waals surface area contributed by atoms with Gasteiger partial charge in [-0.2, -0.15) is 0 Å². The third kappa shape index (κ3) is 5.62. The maximum absolute atomic E-state index is 13.2. The van der Waals surface area contributed by atoms with E-state index in [4.69, 9.17) is 0 Å². The number of nitrogens with zero attached hydrogens (tertiary/aromatic N) is 1. The van der Waals surface area contributed by atoms with Crippen LogP contribution >= 0.6 is 0 Å². The van der Waals surface area contributed by atoms with E-state index in [0.29, 0.717) is 5.69 Å². The Morgan fingerprint density at radius 3 is 2.45 bits per heavy atom. The van der Waals surface area contributed by atoms with Gasteiger partial charge < -0.3 is 10.6 Å². The molecule has 3 aromatic carbocycles. The maximum Gasteiger partial charge on any atom is 0.238 e. The van der Waals surface area contributed by atoms with E-state index in [1.807, 2.05) is 49.4 Å². The molecule has 0 radical (unpaired) electrons. The molecular weight excluding hydrogens is 369 g/mol. The number of carbonyl (C=O) groups excluding carboxylic acids is 2. The summed E-state index contributed by atoms with van der Waals surface area (Å²) in [7, 11) is 1.69. The topological polar surface area (TPSA) is 61.4 Å². The van der Waals surface area contributed by atoms with E-state index >= 15 is 0 Å². The minimum absolute atomic E-state index is 0.0204. The average molecular weight is 393 g/mol. The highest BCUT2D eigenvalue weighted by Crippen LogP contribution is 2.23. The van der Waals surface area contributed by atoms with Crippen molar-refractivity contribution in [2.75, 3.05) is 25.5 Å². The lowest BCUT2D eigenvalue weighted by Crippen LogP contribution is -2.39. The number of anilines is 1. The molecule has 0 spiro atoms. The Labute approximate surface area is 169 Å². The molecule has 0 fully saturated rings. The van der Waals surface area contributed by atoms with E-state index in [9.17, 15) is 14.0 Å². The number of amides is 2. The molecule has 150 valence electrons. The van der Waals surface area contributed by atoms with Crippen LogP contribution in [-0.4, -0.2) is 36.9 Å². The van der Waals surface area contributed by atoms with Gasteiger partial charge in [-0.1, -0.05) is 48.5 Å². The summed E-state index contributed by atoms with van der Waals surface area (Å²) in [5, 5.41) is 7.83. The minimum atomic E-state index is -0.419. The van der Waals surface area contributed by atoms with Crippen molar-refractivity contribution in [1.29, 1.82) is 0 Å². The van der Waals surface area contributed by atoms with Crippen molar-refractivity contribution in [2.45, 2.75) is 13.0 Å². The normalized spacial score (nSPS) is 12.0. The molecule has 0 aliphatic carbocycles. The predicted octanol–water partition coefficient (Wildman–Crippen LogP) is 3.73. The zero-order valence-electron chi connectivity index (χ0n) is 16.5. The quantitative estimate of drug-likeness (QED) is 0.643. The van der Waals surface area contributed by atoms with Gasteiger partial charge in [-0.15, -0.1) is 0 Å². The number of nitrogens with one attached hydrogen (secondary N) is 2. The monoisotopic (exact) mass is 393 g/mol. The van der Waals surface area contributed by atoms with Crippen molar-refractivity contribution in [2.24, 2.45) is 0 Å². The lowest BCUT2D eigenvalue weighted by atomic mass is 10.00. The number of carbonyl (C=O) groups is 2. The molecule has 3 rings (SSSR count). The van der Waals surface area contributed by atoms with Crippen molar-refractivity contribution in [3.05, 3.63) is 78.1 Å². The van der Waals surface area contributed by atoms with Crippen LogP contribution in [0.25, 0.3) is 10.8 Å². The number of halogens is 1. The highest BCUT2D eigenvalue weighted by molar-refractivity contribution is 5.92. The van der Waals surface area contributed by atoms with Crippen molar-refractivity contribution >= 4 is 28.3 Å². The molecular formula is C23H24FN3O2. The fourth-order valence-corrected chi connectivity index (χ4v) is 3.31. The van der Waals surface area contributed by atoms with Crippen LogP contribution in [0, 0.1) is 5.82 Å². The predicted molar refractivity (Wildman–Crippen MR) is 113 cm³/mol. The first kappa shape index (κ1) is 20.5. The smallest absolute Gasteiger partial charge is 0.238 e. The van der Waals surface area contributed by atoms with Gasteiger partial charge in [0, 0.05) is 5.69 Å². The molecule has 0 aromatic heterocycles. The molecule has 0 saturated heterocycles. The minimum Gasteiger partial charge on any atom is -0.348 e. The number of benzene rings is 3. The van der Waals surface area contributed by atoms with Crippen molar-refractivity contribution in [3.63, 3.8) is 0 Å². The molecule has 29 heavy (non-hydrogen) atoms. The van der Waals surface area contributed by atoms with E-state index in [0.717, 1.165) is 16.3 Å². The first-order valence-electron chi connectivity index (χ1n) is 9.43. The summed E-state index contributed by atoms with van der Waals surface area (Å²) >= 11 is 0. The Hall–Kier alpha value is -3.25. The second kappa shape index (κ2) is 9.30. The van der Waals surface area contributed by atoms with Gasteiger partial charge in [0.25, 0.3) is 0 Å². The number of hydrogen-bond donors (Lipinski definition) is 2. The number of hydrogen-bond acceptors (Lipinski definition) is 3. The van der Waals surface area contributed by atoms with Crippen molar-refractivity contribution in [1.82, 2.24) is 10.2 Å². The van der Waals surface area contributed by atoms with E-state index in [2.05, 4.69) is 10.6 Å². The highest BCUT2D eigenvalue weighted by Gasteiger charge is 2.15. The summed E-state index contributed by atoms with van der Waals surface area (Å²) < 4.78 is 13.2. The Kier molecular flexibility index (Phi) is 6.57. The molecule has 1 atom stereocenters. The second-order valence-electron chi connectivity index (χ2n) is 7.09. The number of rotatable bonds is 7. The Morgan fingerprint density at radius 1 is 0.966 bits per heavy atom. The van der Waals surface area contributed by atoms with Crippen LogP contribution < -0.4 is 10.6 Å². The Bertz CT molecular complexity index is 1020. The third-order valence-electron chi connectivity index (χ3n) is 4.60. The molecule has 0 aliphatic rings. The van der Waals surface area contributed by atoms with Crippen LogP contribution in [0.1, 0.15) is 18.5 Å². The van der Waals surface area contributed by atoms with Gasteiger partial charge >= 0.3 is 0 Å². The van der Waals surface area contributed by atoms with Crippen molar-refractivity contribution in [3.8, 4) is 0 Å². The molecule has 2 N–H and O–H groups in total. The molecule has 5 nitrogen and oxygen atoms in total. The maximum atomic E-state index is 13.2. The van der Waals surface area contributed by atoms with Gasteiger partial charge in [-0.05, 0) is 48.5 Å². The lowest BCUT2D eigenvalue weighted by molar-refractivity contribution is -0.123. The summed E-state index contributed by atoms with van der Waals surface area (Å²) in [5.74, 6) is -0.905. The molecule has 0 saturated carbocycles. The molecule has 6 heteroatoms. The van der Waals surface area contributed by atoms with Gasteiger partial charge in [0.1, 0.15) is 5.82 Å². The molecule has 0 bridgehead atoms. The molecule has 0 heterocycles. The molecule has 2 amide bonds. The van der Waals surface area contributed by atoms with Crippen LogP contribution in [0.2, 0.25) is 0 Å². The number of fused-ring (bicyclic) bond motifs is 1. The fraction of sp³-hybridized carbons (Fsp3) is 0.217. The van der Waals surface area contributed by atoms with Crippen LogP contribution in [-0.2, 0) is 9.59 Å². The van der Waals surface area contributed by atoms with Gasteiger partial charge in [0.15, 0.2) is 0 Å². The summed E-state index contributed by atoms with van der Waals surface area (Å²) in [6.07, 6.45) is 0. The van der Waals surface area contributed by atoms with E-state index in [1.165, 1.54) is 18.2 Å². The lowest BCUT2D eigenvalue weighted by Gasteiger charge is -2.20. The van der Waals surface area contributed by atoms with E-state index in [1.54, 1.807) is 18.0 Å². The third-order valence-corrected chi connectivity index (χ3v) is 4.60. The Morgan fingerprint density at radius 2 is 1.66 bits per heavy atom. The fourth-order valence-electron chi connectivity index (χ4n) is 3.31. The standard InChI is InChI=1S/C23H24FN3O2/c1-16(20-12-5-8-17-7-3-4-11-21(17)20)25-22(28)14-27(2)15-23(29)26-19-10-6-9-18(24)13-19/h3-13,16H,14-15H2,1-2H3,(H,25,28)(H,26,29)/t16-/m1/s1. The van der Waals surface area contributed by atoms with E-state index in [-0.39, 0.29) is 30.9 Å². The SMILES string of the molecule is C[C@@H](NC(=O)CN(C)CC(=O)Nc1cccc(F)c1)c1cccc2ccccc12. The summed E-state index contributed by atoms with van der Waals surface area (Å²) in [4.78, 5) is 26.1. The summed E-state index contributed by atoms with van der Waals surface area (Å²) in [6, 6.07) is 19.6.